The third kappa shape index (κ3) is 5.62. The van der Waals surface area contributed by atoms with Gasteiger partial charge in [-0.25, -0.2) is 0 Å². The molecule has 0 bridgehead atoms. The summed E-state index contributed by atoms with van der Waals surface area (Å²) in [6.07, 6.45) is 7.14. The van der Waals surface area contributed by atoms with Crippen LogP contribution in [0, 0.1) is 5.92 Å². The van der Waals surface area contributed by atoms with Crippen molar-refractivity contribution in [1.29, 1.82) is 0 Å². The van der Waals surface area contributed by atoms with Gasteiger partial charge < -0.3 is 10.2 Å². The van der Waals surface area contributed by atoms with E-state index in [1.807, 2.05) is 4.90 Å². The van der Waals surface area contributed by atoms with E-state index >= 15 is 0 Å². The lowest BCUT2D eigenvalue weighted by Gasteiger charge is -2.15. The third-order valence-corrected chi connectivity index (χ3v) is 3.70. The normalized spacial score (nSPS) is 18.9. The molecule has 0 saturated carbocycles. The molecule has 1 N–H and O–H groups in total. The van der Waals surface area contributed by atoms with Crippen molar-refractivity contribution in [3.63, 3.8) is 0 Å². The number of unbranched alkanes of at least 4 members (excludes halogenated alkanes) is 4. The first-order valence-corrected chi connectivity index (χ1v) is 7.74. The summed E-state index contributed by atoms with van der Waals surface area (Å²) in [7, 11) is 0. The molecule has 1 saturated heterocycles. The average Bonchev–Trinajstić information content (AvgIpc) is 2.77. The minimum absolute atomic E-state index is 0.0591. The smallest absolute Gasteiger partial charge is 0.225 e. The Labute approximate surface area is 116 Å². The molecule has 0 aromatic carbocycles. The fourth-order valence-corrected chi connectivity index (χ4v) is 2.42. The van der Waals surface area contributed by atoms with Crippen molar-refractivity contribution < 1.29 is 9.59 Å². The molecule has 1 heterocycles. The highest BCUT2D eigenvalue weighted by atomic mass is 16.2. The van der Waals surface area contributed by atoms with E-state index in [1.165, 1.54) is 19.3 Å². The van der Waals surface area contributed by atoms with Crippen molar-refractivity contribution in [3.8, 4) is 0 Å². The zero-order chi connectivity index (χ0) is 14.1. The average molecular weight is 268 g/mol. The number of nitrogens with zero attached hydrogens (tertiary/aromatic N) is 1. The maximum Gasteiger partial charge on any atom is 0.225 e. The van der Waals surface area contributed by atoms with E-state index in [9.17, 15) is 9.59 Å². The van der Waals surface area contributed by atoms with Crippen LogP contribution in [0.2, 0.25) is 0 Å². The number of likely N-dealkylation sites (tertiary alicyclic amines) is 1. The maximum atomic E-state index is 12.0. The monoisotopic (exact) mass is 268 g/mol. The first-order valence-electron chi connectivity index (χ1n) is 7.74. The van der Waals surface area contributed by atoms with Crippen molar-refractivity contribution in [1.82, 2.24) is 10.2 Å². The summed E-state index contributed by atoms with van der Waals surface area (Å²) < 4.78 is 0. The predicted molar refractivity (Wildman–Crippen MR) is 76.7 cm³/mol. The van der Waals surface area contributed by atoms with Gasteiger partial charge in [-0.2, -0.15) is 0 Å². The topological polar surface area (TPSA) is 49.4 Å². The first-order chi connectivity index (χ1) is 9.19. The van der Waals surface area contributed by atoms with Crippen LogP contribution < -0.4 is 5.32 Å². The van der Waals surface area contributed by atoms with Crippen LogP contribution in [0.1, 0.15) is 58.8 Å². The van der Waals surface area contributed by atoms with Gasteiger partial charge in [-0.05, 0) is 12.8 Å². The highest BCUT2D eigenvalue weighted by Gasteiger charge is 2.33. The van der Waals surface area contributed by atoms with Gasteiger partial charge in [0.05, 0.1) is 5.92 Å². The van der Waals surface area contributed by atoms with Crippen LogP contribution in [0.25, 0.3) is 0 Å². The first kappa shape index (κ1) is 16.0. The molecule has 1 aliphatic rings. The summed E-state index contributed by atoms with van der Waals surface area (Å²) >= 11 is 0. The molecule has 1 fully saturated rings. The van der Waals surface area contributed by atoms with E-state index in [-0.39, 0.29) is 17.7 Å². The van der Waals surface area contributed by atoms with Crippen molar-refractivity contribution in [2.45, 2.75) is 58.8 Å². The summed E-state index contributed by atoms with van der Waals surface area (Å²) in [6, 6.07) is 0. The zero-order valence-electron chi connectivity index (χ0n) is 12.4. The van der Waals surface area contributed by atoms with Crippen LogP contribution in [-0.2, 0) is 9.59 Å². The Morgan fingerprint density at radius 3 is 2.63 bits per heavy atom. The van der Waals surface area contributed by atoms with E-state index in [1.54, 1.807) is 0 Å². The Balaban J connectivity index is 2.21. The van der Waals surface area contributed by atoms with E-state index in [4.69, 9.17) is 0 Å². The summed E-state index contributed by atoms with van der Waals surface area (Å²) in [5.74, 6) is 0.0685. The molecule has 0 aromatic rings. The molecule has 4 nitrogen and oxygen atoms in total. The van der Waals surface area contributed by atoms with E-state index in [2.05, 4.69) is 19.2 Å². The van der Waals surface area contributed by atoms with Crippen LogP contribution in [0.3, 0.4) is 0 Å². The van der Waals surface area contributed by atoms with Gasteiger partial charge in [0.1, 0.15) is 0 Å². The Morgan fingerprint density at radius 2 is 1.95 bits per heavy atom. The van der Waals surface area contributed by atoms with Crippen molar-refractivity contribution >= 4 is 11.8 Å². The molecule has 110 valence electrons. The standard InChI is InChI=1S/C15H28N2O2/c1-3-5-7-8-9-16-15(19)13-11-14(18)17(12-13)10-6-4-2/h13H,3-12H2,1-2H3,(H,16,19). The highest BCUT2D eigenvalue weighted by molar-refractivity contribution is 5.89. The zero-order valence-corrected chi connectivity index (χ0v) is 12.4. The molecular weight excluding hydrogens is 240 g/mol. The number of carbonyl (C=O) groups is 2. The largest absolute Gasteiger partial charge is 0.356 e. The second-order valence-corrected chi connectivity index (χ2v) is 5.45. The lowest BCUT2D eigenvalue weighted by atomic mass is 10.1. The van der Waals surface area contributed by atoms with Crippen LogP contribution in [-0.4, -0.2) is 36.3 Å². The van der Waals surface area contributed by atoms with Gasteiger partial charge in [-0.1, -0.05) is 39.5 Å². The predicted octanol–water partition coefficient (Wildman–Crippen LogP) is 2.33. The molecular formula is C15H28N2O2. The Bertz CT molecular complexity index is 292. The number of carbonyl (C=O) groups excluding carboxylic acids is 2. The van der Waals surface area contributed by atoms with Gasteiger partial charge >= 0.3 is 0 Å². The Morgan fingerprint density at radius 1 is 1.21 bits per heavy atom. The fraction of sp³-hybridized carbons (Fsp3) is 0.867. The van der Waals surface area contributed by atoms with Crippen LogP contribution in [0.4, 0.5) is 0 Å². The SMILES string of the molecule is CCCCCCNC(=O)C1CC(=O)N(CCCC)C1. The number of amides is 2. The molecule has 1 atom stereocenters. The Hall–Kier alpha value is -1.06. The minimum atomic E-state index is -0.129. The summed E-state index contributed by atoms with van der Waals surface area (Å²) in [5, 5.41) is 2.96. The molecule has 4 heteroatoms. The number of hydrogen-bond donors (Lipinski definition) is 1. The van der Waals surface area contributed by atoms with Crippen LogP contribution in [0.5, 0.6) is 0 Å². The molecule has 0 radical (unpaired) electrons. The molecule has 1 rings (SSSR count). The Kier molecular flexibility index (Phi) is 7.53. The van der Waals surface area contributed by atoms with Crippen molar-refractivity contribution in [2.24, 2.45) is 5.92 Å². The molecule has 0 aromatic heterocycles. The number of nitrogens with one attached hydrogen (secondary N) is 1. The maximum absolute atomic E-state index is 12.0. The van der Waals surface area contributed by atoms with Gasteiger partial charge in [0.2, 0.25) is 11.8 Å². The van der Waals surface area contributed by atoms with E-state index in [0.717, 1.165) is 32.4 Å². The third-order valence-electron chi connectivity index (χ3n) is 3.70. The lowest BCUT2D eigenvalue weighted by Crippen LogP contribution is -2.33. The van der Waals surface area contributed by atoms with Gasteiger partial charge in [0.15, 0.2) is 0 Å². The molecule has 0 spiro atoms. The molecule has 1 unspecified atom stereocenters. The van der Waals surface area contributed by atoms with Crippen molar-refractivity contribution in [2.75, 3.05) is 19.6 Å². The molecule has 1 aliphatic heterocycles. The molecule has 19 heavy (non-hydrogen) atoms. The lowest BCUT2D eigenvalue weighted by molar-refractivity contribution is -0.129. The van der Waals surface area contributed by atoms with Crippen molar-refractivity contribution in [3.05, 3.63) is 0 Å². The number of hydrogen-bond acceptors (Lipinski definition) is 2. The molecule has 0 aliphatic carbocycles. The van der Waals surface area contributed by atoms with Gasteiger partial charge in [0.25, 0.3) is 0 Å². The van der Waals surface area contributed by atoms with Gasteiger partial charge in [-0.15, -0.1) is 0 Å². The van der Waals surface area contributed by atoms with Crippen LogP contribution >= 0.6 is 0 Å². The van der Waals surface area contributed by atoms with E-state index < -0.39 is 0 Å². The number of rotatable bonds is 9. The summed E-state index contributed by atoms with van der Waals surface area (Å²) in [5.41, 5.74) is 0. The second-order valence-electron chi connectivity index (χ2n) is 5.45. The minimum Gasteiger partial charge on any atom is -0.356 e. The van der Waals surface area contributed by atoms with Crippen LogP contribution in [0.15, 0.2) is 0 Å². The fourth-order valence-electron chi connectivity index (χ4n) is 2.42. The second kappa shape index (κ2) is 8.94. The summed E-state index contributed by atoms with van der Waals surface area (Å²) in [4.78, 5) is 25.5. The summed E-state index contributed by atoms with van der Waals surface area (Å²) in [6.45, 7) is 6.45. The van der Waals surface area contributed by atoms with Gasteiger partial charge in [0, 0.05) is 26.1 Å². The quantitative estimate of drug-likeness (QED) is 0.652. The van der Waals surface area contributed by atoms with Gasteiger partial charge in [-0.3, -0.25) is 9.59 Å². The highest BCUT2D eigenvalue weighted by Crippen LogP contribution is 2.18. The van der Waals surface area contributed by atoms with E-state index in [0.29, 0.717) is 13.0 Å². The molecule has 2 amide bonds.